The van der Waals surface area contributed by atoms with Crippen LogP contribution in [-0.2, 0) is 21.1 Å². The van der Waals surface area contributed by atoms with Crippen LogP contribution < -0.4 is 0 Å². The van der Waals surface area contributed by atoms with Gasteiger partial charge < -0.3 is 22.3 Å². The third kappa shape index (κ3) is 3.87. The molecule has 0 N–H and O–H groups in total. The van der Waals surface area contributed by atoms with Gasteiger partial charge in [0.1, 0.15) is 0 Å². The van der Waals surface area contributed by atoms with Crippen LogP contribution in [0.5, 0.6) is 0 Å². The van der Waals surface area contributed by atoms with E-state index in [1.807, 2.05) is 0 Å². The summed E-state index contributed by atoms with van der Waals surface area (Å²) in [5.41, 5.74) is 3.96. The van der Waals surface area contributed by atoms with Crippen LogP contribution in [0, 0.1) is 29.2 Å². The van der Waals surface area contributed by atoms with Gasteiger partial charge in [-0.3, -0.25) is 0 Å². The van der Waals surface area contributed by atoms with Crippen LogP contribution >= 0.6 is 0 Å². The molecule has 20 heavy (non-hydrogen) atoms. The fraction of sp³-hybridized carbons (Fsp3) is 0.0526. The van der Waals surface area contributed by atoms with Crippen molar-refractivity contribution in [2.45, 2.75) is 6.92 Å². The Bertz CT molecular complexity index is 630. The van der Waals surface area contributed by atoms with Gasteiger partial charge in [-0.1, -0.05) is 55.0 Å². The smallest absolute Gasteiger partial charge is 0.358 e. The zero-order valence-corrected chi connectivity index (χ0v) is 14.9. The van der Waals surface area contributed by atoms with Gasteiger partial charge in [-0.2, -0.15) is 23.3 Å². The van der Waals surface area contributed by atoms with Crippen molar-refractivity contribution < 1.29 is 21.1 Å². The van der Waals surface area contributed by atoms with E-state index in [2.05, 4.69) is 67.6 Å². The van der Waals surface area contributed by atoms with Crippen molar-refractivity contribution >= 4 is 10.8 Å². The first-order valence-corrected chi connectivity index (χ1v) is 5.56. The topological polar surface area (TPSA) is 0 Å². The summed E-state index contributed by atoms with van der Waals surface area (Å²) >= 11 is 0. The second-order valence-electron chi connectivity index (χ2n) is 4.20. The quantitative estimate of drug-likeness (QED) is 0.410. The Labute approximate surface area is 138 Å². The first-order chi connectivity index (χ1) is 7.84. The third-order valence-corrected chi connectivity index (χ3v) is 3.01. The number of hydrogen-bond acceptors (Lipinski definition) is 0. The summed E-state index contributed by atoms with van der Waals surface area (Å²) in [5, 5.41) is 2.63. The molecule has 0 aliphatic heterocycles. The van der Waals surface area contributed by atoms with Crippen LogP contribution in [0.4, 0.5) is 0 Å². The van der Waals surface area contributed by atoms with E-state index >= 15 is 0 Å². The molecular weight excluding hydrogens is 423 g/mol. The Morgan fingerprint density at radius 3 is 2.10 bits per heavy atom. The summed E-state index contributed by atoms with van der Waals surface area (Å²) in [5.74, 6) is 0. The van der Waals surface area contributed by atoms with Gasteiger partial charge in [0.2, 0.25) is 0 Å². The van der Waals surface area contributed by atoms with E-state index in [0.29, 0.717) is 0 Å². The molecule has 108 valence electrons. The van der Waals surface area contributed by atoms with E-state index in [9.17, 15) is 0 Å². The number of rotatable bonds is 1. The van der Waals surface area contributed by atoms with Gasteiger partial charge in [0.05, 0.1) is 0 Å². The van der Waals surface area contributed by atoms with Crippen LogP contribution in [0.3, 0.4) is 0 Å². The van der Waals surface area contributed by atoms with Crippen molar-refractivity contribution in [3.63, 3.8) is 0 Å². The second kappa shape index (κ2) is 8.82. The predicted molar refractivity (Wildman–Crippen MR) is 89.0 cm³/mol. The average molecular weight is 445 g/mol. The number of aryl methyl sites for hydroxylation is 1. The summed E-state index contributed by atoms with van der Waals surface area (Å²) in [7, 11) is 0. The molecule has 0 aliphatic rings. The molecule has 3 aromatic rings. The average Bonchev–Trinajstić information content (AvgIpc) is 2.75. The van der Waals surface area contributed by atoms with Crippen molar-refractivity contribution in [1.29, 1.82) is 0 Å². The Kier molecular flexibility index (Phi) is 9.28. The SMILES string of the molecule is C[c-]1ccc(-c2cccc3ccccc23)c1.[CH3-].[CH3-].[CH3-].[Pt+4]. The molecule has 3 aromatic carbocycles. The molecule has 0 saturated carbocycles. The Hall–Kier alpha value is -1.26. The van der Waals surface area contributed by atoms with Crippen LogP contribution in [0.15, 0.2) is 60.7 Å². The Morgan fingerprint density at radius 2 is 1.45 bits per heavy atom. The van der Waals surface area contributed by atoms with E-state index in [-0.39, 0.29) is 43.3 Å². The standard InChI is InChI=1S/C16H13.3CH3.Pt/c1-12-9-10-14(11-12)16-8-4-6-13-5-2-3-7-15(13)16;;;;/h2-11H,1H3;3*1H3;/q4*-1;+4. The van der Waals surface area contributed by atoms with Crippen molar-refractivity contribution in [3.8, 4) is 11.1 Å². The Balaban J connectivity index is 0. The maximum absolute atomic E-state index is 2.24. The molecule has 0 amide bonds. The van der Waals surface area contributed by atoms with Crippen LogP contribution in [-0.4, -0.2) is 0 Å². The molecule has 0 aliphatic carbocycles. The number of benzene rings is 2. The largest absolute Gasteiger partial charge is 4.00 e. The summed E-state index contributed by atoms with van der Waals surface area (Å²) < 4.78 is 0. The van der Waals surface area contributed by atoms with Gasteiger partial charge in [-0.25, -0.2) is 6.07 Å². The zero-order chi connectivity index (χ0) is 11.0. The Morgan fingerprint density at radius 1 is 0.800 bits per heavy atom. The predicted octanol–water partition coefficient (Wildman–Crippen LogP) is 5.88. The fourth-order valence-corrected chi connectivity index (χ4v) is 2.21. The minimum atomic E-state index is 0. The van der Waals surface area contributed by atoms with E-state index < -0.39 is 0 Å². The van der Waals surface area contributed by atoms with Crippen molar-refractivity contribution in [2.24, 2.45) is 0 Å². The first-order valence-electron chi connectivity index (χ1n) is 5.56. The zero-order valence-electron chi connectivity index (χ0n) is 12.6. The molecule has 0 fully saturated rings. The van der Waals surface area contributed by atoms with Crippen LogP contribution in [0.1, 0.15) is 5.56 Å². The molecular formula is C19H22Pt. The van der Waals surface area contributed by atoms with Gasteiger partial charge in [0.15, 0.2) is 0 Å². The third-order valence-electron chi connectivity index (χ3n) is 3.01. The van der Waals surface area contributed by atoms with Crippen molar-refractivity contribution in [2.75, 3.05) is 0 Å². The summed E-state index contributed by atoms with van der Waals surface area (Å²) in [6, 6.07) is 21.6. The van der Waals surface area contributed by atoms with Crippen molar-refractivity contribution in [1.82, 2.24) is 0 Å². The van der Waals surface area contributed by atoms with Gasteiger partial charge in [-0.15, -0.1) is 0 Å². The minimum Gasteiger partial charge on any atom is -0.358 e. The minimum absolute atomic E-state index is 0. The monoisotopic (exact) mass is 445 g/mol. The van der Waals surface area contributed by atoms with Gasteiger partial charge >= 0.3 is 21.1 Å². The maximum atomic E-state index is 2.24. The molecule has 0 radical (unpaired) electrons. The molecule has 0 aromatic heterocycles. The second-order valence-corrected chi connectivity index (χ2v) is 4.20. The van der Waals surface area contributed by atoms with Crippen LogP contribution in [0.2, 0.25) is 0 Å². The number of hydrogen-bond donors (Lipinski definition) is 0. The first kappa shape index (κ1) is 21.0. The maximum Gasteiger partial charge on any atom is 4.00 e. The van der Waals surface area contributed by atoms with E-state index in [4.69, 9.17) is 0 Å². The summed E-state index contributed by atoms with van der Waals surface area (Å²) in [4.78, 5) is 0. The molecule has 0 saturated heterocycles. The van der Waals surface area contributed by atoms with Gasteiger partial charge in [-0.05, 0) is 10.8 Å². The summed E-state index contributed by atoms with van der Waals surface area (Å²) in [6.07, 6.45) is 0. The molecule has 0 bridgehead atoms. The molecule has 0 nitrogen and oxygen atoms in total. The molecule has 0 unspecified atom stereocenters. The van der Waals surface area contributed by atoms with Gasteiger partial charge in [0, 0.05) is 0 Å². The van der Waals surface area contributed by atoms with E-state index in [1.165, 1.54) is 27.5 Å². The van der Waals surface area contributed by atoms with Crippen LogP contribution in [0.25, 0.3) is 21.9 Å². The molecule has 3 rings (SSSR count). The van der Waals surface area contributed by atoms with E-state index in [0.717, 1.165) is 0 Å². The van der Waals surface area contributed by atoms with E-state index in [1.54, 1.807) is 0 Å². The molecule has 1 heteroatoms. The molecule has 0 heterocycles. The van der Waals surface area contributed by atoms with Crippen molar-refractivity contribution in [3.05, 3.63) is 88.5 Å². The molecule has 0 atom stereocenters. The summed E-state index contributed by atoms with van der Waals surface area (Å²) in [6.45, 7) is 2.13. The molecule has 0 spiro atoms. The number of fused-ring (bicyclic) bond motifs is 1. The normalized spacial score (nSPS) is 8.65. The van der Waals surface area contributed by atoms with Gasteiger partial charge in [0.25, 0.3) is 0 Å². The fourth-order valence-electron chi connectivity index (χ4n) is 2.21.